The van der Waals surface area contributed by atoms with Crippen molar-refractivity contribution in [1.29, 1.82) is 0 Å². The van der Waals surface area contributed by atoms with Crippen LogP contribution in [-0.4, -0.2) is 60.5 Å². The molecule has 1 aliphatic heterocycles. The fraction of sp³-hybridized carbons (Fsp3) is 0.696. The molecule has 3 heterocycles. The molecule has 1 unspecified atom stereocenters. The van der Waals surface area contributed by atoms with Gasteiger partial charge >= 0.3 is 6.16 Å². The second kappa shape index (κ2) is 6.17. The summed E-state index contributed by atoms with van der Waals surface area (Å²) in [6.45, 7) is 1.67. The molecule has 1 saturated heterocycles. The van der Waals surface area contributed by atoms with Crippen LogP contribution < -0.4 is 5.73 Å². The van der Waals surface area contributed by atoms with E-state index in [1.165, 1.54) is 30.1 Å². The first kappa shape index (κ1) is 20.0. The highest BCUT2D eigenvalue weighted by Crippen LogP contribution is 2.60. The first-order chi connectivity index (χ1) is 15.7. The number of carbonyl (C=O) groups excluding carboxylic acids is 1. The van der Waals surface area contributed by atoms with Crippen LogP contribution in [0.1, 0.15) is 51.1 Å². The van der Waals surface area contributed by atoms with Crippen LogP contribution in [-0.2, 0) is 19.8 Å². The van der Waals surface area contributed by atoms with Crippen LogP contribution in [0.4, 0.5) is 10.6 Å². The van der Waals surface area contributed by atoms with Gasteiger partial charge in [0, 0.05) is 0 Å². The van der Waals surface area contributed by atoms with Crippen molar-refractivity contribution in [2.75, 3.05) is 5.73 Å². The van der Waals surface area contributed by atoms with E-state index in [1.54, 1.807) is 19.1 Å². The molecule has 8 rings (SSSR count). The van der Waals surface area contributed by atoms with Crippen LogP contribution in [0.3, 0.4) is 0 Å². The summed E-state index contributed by atoms with van der Waals surface area (Å²) in [7, 11) is 0. The first-order valence-corrected chi connectivity index (χ1v) is 11.8. The smallest absolute Gasteiger partial charge is 0.428 e. The first-order valence-electron chi connectivity index (χ1n) is 11.8. The van der Waals surface area contributed by atoms with Gasteiger partial charge in [-0.15, -0.1) is 0 Å². The predicted molar refractivity (Wildman–Crippen MR) is 113 cm³/mol. The molecule has 33 heavy (non-hydrogen) atoms. The minimum Gasteiger partial charge on any atom is -0.428 e. The maximum absolute atomic E-state index is 12.7. The molecule has 0 amide bonds. The van der Waals surface area contributed by atoms with Gasteiger partial charge in [0.25, 0.3) is 0 Å². The largest absolute Gasteiger partial charge is 0.509 e. The number of carbonyl (C=O) groups is 1. The number of aromatic nitrogens is 3. The summed E-state index contributed by atoms with van der Waals surface area (Å²) in [5, 5.41) is 26.5. The fourth-order valence-electron chi connectivity index (χ4n) is 7.71. The molecule has 0 spiro atoms. The topological polar surface area (TPSA) is 141 Å². The summed E-state index contributed by atoms with van der Waals surface area (Å²) in [6, 6.07) is 3.46. The number of anilines is 1. The van der Waals surface area contributed by atoms with E-state index in [4.69, 9.17) is 19.9 Å². The zero-order chi connectivity index (χ0) is 22.8. The monoisotopic (exact) mass is 456 g/mol. The van der Waals surface area contributed by atoms with Crippen molar-refractivity contribution in [3.8, 4) is 0 Å². The second-order valence-electron chi connectivity index (χ2n) is 11.1. The van der Waals surface area contributed by atoms with Gasteiger partial charge in [-0.3, -0.25) is 0 Å². The van der Waals surface area contributed by atoms with Crippen molar-refractivity contribution in [2.45, 2.75) is 80.6 Å². The molecule has 2 aromatic rings. The number of hydrogen-bond acceptors (Lipinski definition) is 9. The number of rotatable bonds is 3. The summed E-state index contributed by atoms with van der Waals surface area (Å²) < 4.78 is 19.0. The Morgan fingerprint density at radius 3 is 2.48 bits per heavy atom. The molecule has 5 atom stereocenters. The molecular formula is C23H28N4O6. The van der Waals surface area contributed by atoms with E-state index >= 15 is 0 Å². The third-order valence-corrected chi connectivity index (χ3v) is 8.90. The van der Waals surface area contributed by atoms with Crippen molar-refractivity contribution in [3.63, 3.8) is 0 Å². The third-order valence-electron chi connectivity index (χ3n) is 8.90. The highest BCUT2D eigenvalue weighted by molar-refractivity contribution is 5.66. The van der Waals surface area contributed by atoms with Crippen molar-refractivity contribution < 1.29 is 29.2 Å². The van der Waals surface area contributed by atoms with Gasteiger partial charge < -0.3 is 30.2 Å². The molecular weight excluding hydrogens is 428 g/mol. The second-order valence-corrected chi connectivity index (χ2v) is 11.1. The molecule has 5 aliphatic carbocycles. The van der Waals surface area contributed by atoms with Crippen molar-refractivity contribution in [2.24, 2.45) is 17.8 Å². The Labute approximate surface area is 190 Å². The van der Waals surface area contributed by atoms with E-state index in [-0.39, 0.29) is 0 Å². The number of ether oxygens (including phenoxy) is 3. The van der Waals surface area contributed by atoms with Gasteiger partial charge in [-0.2, -0.15) is 5.10 Å². The third kappa shape index (κ3) is 2.57. The Bertz CT molecular complexity index is 1130. The maximum atomic E-state index is 12.7. The van der Waals surface area contributed by atoms with E-state index in [2.05, 4.69) is 10.1 Å². The molecule has 2 aromatic heterocycles. The summed E-state index contributed by atoms with van der Waals surface area (Å²) in [6.07, 6.45) is 3.78. The Kier molecular flexibility index (Phi) is 3.73. The molecule has 176 valence electrons. The van der Waals surface area contributed by atoms with Gasteiger partial charge in [-0.05, 0) is 75.3 Å². The van der Waals surface area contributed by atoms with Gasteiger partial charge in [-0.25, -0.2) is 14.3 Å². The number of nitrogens with zero attached hydrogens (tertiary/aromatic N) is 3. The Balaban J connectivity index is 1.08. The number of aliphatic hydroxyl groups excluding tert-OH is 1. The molecule has 6 aliphatic rings. The molecule has 4 bridgehead atoms. The number of aliphatic hydroxyl groups is 2. The number of fused-ring (bicyclic) bond motifs is 2. The lowest BCUT2D eigenvalue weighted by Crippen LogP contribution is -2.53. The minimum atomic E-state index is -1.71. The molecule has 0 aromatic carbocycles. The van der Waals surface area contributed by atoms with Crippen molar-refractivity contribution in [1.82, 2.24) is 14.6 Å². The highest BCUT2D eigenvalue weighted by atomic mass is 16.8. The van der Waals surface area contributed by atoms with E-state index in [9.17, 15) is 15.0 Å². The van der Waals surface area contributed by atoms with Crippen LogP contribution in [0.5, 0.6) is 0 Å². The lowest BCUT2D eigenvalue weighted by molar-refractivity contribution is -0.159. The minimum absolute atomic E-state index is 0.296. The van der Waals surface area contributed by atoms with E-state index < -0.39 is 41.3 Å². The molecule has 5 saturated carbocycles. The summed E-state index contributed by atoms with van der Waals surface area (Å²) >= 11 is 0. The molecule has 6 fully saturated rings. The Morgan fingerprint density at radius 2 is 1.88 bits per heavy atom. The van der Waals surface area contributed by atoms with Gasteiger partial charge in [0.15, 0.2) is 17.5 Å². The van der Waals surface area contributed by atoms with E-state index in [0.29, 0.717) is 34.8 Å². The molecule has 4 N–H and O–H groups in total. The lowest BCUT2D eigenvalue weighted by Gasteiger charge is -2.55. The standard InChI is InChI=1S/C23H28N4O6/c1-21(15-3-2-14-18(24)25-10-26-27(14)15)19(28)23(30)16(17(23)32-21)31-20(29)33-22-7-11-4-12(8-22)6-13(5-11)9-22/h2-3,10-13,16-17,19,28,30H,4-9H2,1H3,(H2,24,25,26)/t11?,12?,13?,16?,17-,19+,21+,22?,23-/m1/s1. The zero-order valence-electron chi connectivity index (χ0n) is 18.4. The summed E-state index contributed by atoms with van der Waals surface area (Å²) in [4.78, 5) is 16.7. The Morgan fingerprint density at radius 1 is 1.21 bits per heavy atom. The van der Waals surface area contributed by atoms with Crippen LogP contribution in [0.2, 0.25) is 0 Å². The van der Waals surface area contributed by atoms with E-state index in [1.807, 2.05) is 0 Å². The van der Waals surface area contributed by atoms with Gasteiger partial charge in [0.2, 0.25) is 0 Å². The quantitative estimate of drug-likeness (QED) is 0.586. The Hall–Kier alpha value is -2.43. The van der Waals surface area contributed by atoms with Gasteiger partial charge in [-0.1, -0.05) is 0 Å². The highest BCUT2D eigenvalue weighted by Gasteiger charge is 2.82. The SMILES string of the molecule is C[C@@]1(c2ccc3c(N)ncnn23)O[C@@H]2C(OC(=O)OC34CC5CC(CC(C5)C3)C4)[C@]2(O)[C@H]1O. The fourth-order valence-corrected chi connectivity index (χ4v) is 7.71. The normalized spacial score (nSPS) is 47.0. The van der Waals surface area contributed by atoms with Gasteiger partial charge in [0.05, 0.1) is 5.69 Å². The van der Waals surface area contributed by atoms with Crippen molar-refractivity contribution >= 4 is 17.5 Å². The van der Waals surface area contributed by atoms with Crippen LogP contribution in [0.15, 0.2) is 18.5 Å². The molecule has 10 heteroatoms. The molecule has 0 radical (unpaired) electrons. The number of hydrogen-bond donors (Lipinski definition) is 3. The lowest BCUT2D eigenvalue weighted by atomic mass is 9.54. The van der Waals surface area contributed by atoms with Crippen LogP contribution >= 0.6 is 0 Å². The number of nitrogen functional groups attached to an aromatic ring is 1. The zero-order valence-corrected chi connectivity index (χ0v) is 18.4. The van der Waals surface area contributed by atoms with Crippen molar-refractivity contribution in [3.05, 3.63) is 24.2 Å². The van der Waals surface area contributed by atoms with E-state index in [0.717, 1.165) is 19.3 Å². The summed E-state index contributed by atoms with van der Waals surface area (Å²) in [5.41, 5.74) is 3.60. The van der Waals surface area contributed by atoms with Gasteiger partial charge in [0.1, 0.15) is 35.3 Å². The average molecular weight is 456 g/mol. The van der Waals surface area contributed by atoms with Crippen LogP contribution in [0.25, 0.3) is 5.52 Å². The van der Waals surface area contributed by atoms with Crippen LogP contribution in [0, 0.1) is 17.8 Å². The average Bonchev–Trinajstić information content (AvgIpc) is 3.04. The predicted octanol–water partition coefficient (Wildman–Crippen LogP) is 1.52. The summed E-state index contributed by atoms with van der Waals surface area (Å²) in [5.74, 6) is 2.20. The molecule has 10 nitrogen and oxygen atoms in total. The number of nitrogens with two attached hydrogens (primary N) is 1. The maximum Gasteiger partial charge on any atom is 0.509 e.